The average Bonchev–Trinajstić information content (AvgIpc) is 3.04. The molecule has 0 aliphatic heterocycles. The molecule has 53 heavy (non-hydrogen) atoms. The molecule has 8 heteroatoms. The molecule has 0 bridgehead atoms. The van der Waals surface area contributed by atoms with Crippen LogP contribution in [0.3, 0.4) is 0 Å². The predicted molar refractivity (Wildman–Crippen MR) is 207 cm³/mol. The highest BCUT2D eigenvalue weighted by molar-refractivity contribution is 5.95. The topological polar surface area (TPSA) is 145 Å². The summed E-state index contributed by atoms with van der Waals surface area (Å²) < 4.78 is 5.35. The molecule has 1 heterocycles. The first-order valence-corrected chi connectivity index (χ1v) is 19.7. The molecule has 9 unspecified atom stereocenters. The second-order valence-electron chi connectivity index (χ2n) is 19.7. The number of carbonyl (C=O) groups is 2. The summed E-state index contributed by atoms with van der Waals surface area (Å²) in [6.45, 7) is 21.3. The van der Waals surface area contributed by atoms with E-state index in [0.29, 0.717) is 30.1 Å². The number of aryl methyl sites for hydroxylation is 1. The molecule has 290 valence electrons. The zero-order chi connectivity index (χ0) is 39.3. The van der Waals surface area contributed by atoms with Gasteiger partial charge in [-0.15, -0.1) is 0 Å². The summed E-state index contributed by atoms with van der Waals surface area (Å²) in [7, 11) is 0. The van der Waals surface area contributed by atoms with Crippen molar-refractivity contribution in [1.82, 2.24) is 0 Å². The van der Waals surface area contributed by atoms with Gasteiger partial charge in [0.25, 0.3) is 0 Å². The van der Waals surface area contributed by atoms with Crippen LogP contribution in [-0.4, -0.2) is 38.3 Å². The lowest BCUT2D eigenvalue weighted by Crippen LogP contribution is -2.66. The predicted octanol–water partition coefficient (Wildman–Crippen LogP) is 9.43. The fourth-order valence-electron chi connectivity index (χ4n) is 12.3. The van der Waals surface area contributed by atoms with Crippen molar-refractivity contribution in [3.63, 3.8) is 0 Å². The number of carbonyl (C=O) groups excluding carboxylic acids is 1. The Labute approximate surface area is 314 Å². The number of ketones is 1. The van der Waals surface area contributed by atoms with Gasteiger partial charge in [0.2, 0.25) is 0 Å². The zero-order valence-electron chi connectivity index (χ0n) is 33.6. The largest absolute Gasteiger partial charge is 0.507 e. The van der Waals surface area contributed by atoms with Crippen LogP contribution < -0.4 is 5.43 Å². The molecule has 9 atom stereocenters. The molecular weight excluding hydrogens is 668 g/mol. The normalized spacial score (nSPS) is 38.5. The maximum atomic E-state index is 14.2. The van der Waals surface area contributed by atoms with E-state index in [9.17, 15) is 34.8 Å². The van der Waals surface area contributed by atoms with E-state index in [-0.39, 0.29) is 78.7 Å². The number of aliphatic carboxylic acids is 1. The third-order valence-electron chi connectivity index (χ3n) is 16.0. The number of rotatable bonds is 3. The number of phenolic OH excluding ortho intramolecular Hbond substituents is 2. The Hall–Kier alpha value is -3.39. The summed E-state index contributed by atoms with van der Waals surface area (Å²) in [6, 6.07) is 2.70. The Bertz CT molecular complexity index is 1960. The standard InChI is InChI=1S/C30H46O4.C15H16O4/c1-25(2)21-8-11-30(7)23(28(21,5)10-9-22(25)32)20(31)16-18-19-17-27(4,24(33)34)13-12-26(19,3)14-15-29(18,30)6;1-8(2)4-5-10-11(16)7-13-14(15(10)18)12(17)6-9(3)19-13/h16,19,21-23,32H,8-15,17H2,1-7H3,(H,33,34);4,6-7,16,18H,5H2,1-3H3. The molecule has 0 radical (unpaired) electrons. The third kappa shape index (κ3) is 5.92. The fraction of sp³-hybridized carbons (Fsp3) is 0.667. The average molecular weight is 731 g/mol. The minimum absolute atomic E-state index is 0.0296. The smallest absolute Gasteiger partial charge is 0.309 e. The first kappa shape index (κ1) is 39.3. The second-order valence-corrected chi connectivity index (χ2v) is 19.7. The lowest BCUT2D eigenvalue weighted by molar-refractivity contribution is -0.202. The Morgan fingerprint density at radius 1 is 0.925 bits per heavy atom. The van der Waals surface area contributed by atoms with Crippen molar-refractivity contribution in [2.45, 2.75) is 140 Å². The van der Waals surface area contributed by atoms with Gasteiger partial charge in [-0.05, 0) is 137 Å². The van der Waals surface area contributed by atoms with Crippen molar-refractivity contribution < 1.29 is 34.4 Å². The Morgan fingerprint density at radius 3 is 2.23 bits per heavy atom. The number of hydrogen-bond acceptors (Lipinski definition) is 7. The van der Waals surface area contributed by atoms with Gasteiger partial charge < -0.3 is 24.8 Å². The summed E-state index contributed by atoms with van der Waals surface area (Å²) in [5.74, 6) is 0.218. The van der Waals surface area contributed by atoms with Crippen LogP contribution in [0.2, 0.25) is 0 Å². The highest BCUT2D eigenvalue weighted by Gasteiger charge is 2.70. The van der Waals surface area contributed by atoms with Crippen molar-refractivity contribution in [1.29, 1.82) is 0 Å². The molecule has 5 aliphatic carbocycles. The van der Waals surface area contributed by atoms with Crippen LogP contribution in [-0.2, 0) is 16.0 Å². The summed E-state index contributed by atoms with van der Waals surface area (Å²) >= 11 is 0. The van der Waals surface area contributed by atoms with Crippen LogP contribution in [0, 0.1) is 57.2 Å². The number of aliphatic hydroxyl groups excluding tert-OH is 1. The third-order valence-corrected chi connectivity index (χ3v) is 16.0. The molecule has 4 saturated carbocycles. The quantitative estimate of drug-likeness (QED) is 0.229. The molecule has 8 nitrogen and oxygen atoms in total. The number of aliphatic hydroxyl groups is 1. The van der Waals surface area contributed by atoms with Crippen molar-refractivity contribution in [3.8, 4) is 11.5 Å². The van der Waals surface area contributed by atoms with Crippen molar-refractivity contribution in [3.05, 3.63) is 57.0 Å². The Morgan fingerprint density at radius 2 is 1.58 bits per heavy atom. The second kappa shape index (κ2) is 12.8. The molecule has 2 aromatic rings. The van der Waals surface area contributed by atoms with E-state index >= 15 is 0 Å². The van der Waals surface area contributed by atoms with Crippen molar-refractivity contribution >= 4 is 22.7 Å². The molecule has 0 spiro atoms. The van der Waals surface area contributed by atoms with Crippen LogP contribution in [0.5, 0.6) is 11.5 Å². The molecule has 4 N–H and O–H groups in total. The lowest BCUT2D eigenvalue weighted by Gasteiger charge is -2.70. The van der Waals surface area contributed by atoms with Crippen LogP contribution in [0.15, 0.2) is 44.6 Å². The van der Waals surface area contributed by atoms with Gasteiger partial charge in [-0.25, -0.2) is 0 Å². The molecule has 0 amide bonds. The summed E-state index contributed by atoms with van der Waals surface area (Å²) in [4.78, 5) is 38.3. The number of carboxylic acids is 1. The van der Waals surface area contributed by atoms with E-state index in [4.69, 9.17) is 4.42 Å². The van der Waals surface area contributed by atoms with Crippen molar-refractivity contribution in [2.24, 2.45) is 50.2 Å². The number of benzene rings is 1. The van der Waals surface area contributed by atoms with Gasteiger partial charge in [-0.2, -0.15) is 0 Å². The summed E-state index contributed by atoms with van der Waals surface area (Å²) in [5, 5.41) is 41.1. The van der Waals surface area contributed by atoms with Crippen LogP contribution in [0.4, 0.5) is 0 Å². The fourth-order valence-corrected chi connectivity index (χ4v) is 12.3. The maximum absolute atomic E-state index is 14.2. The van der Waals surface area contributed by atoms with Gasteiger partial charge in [-0.3, -0.25) is 14.4 Å². The number of carboxylic acid groups (broad SMARTS) is 1. The van der Waals surface area contributed by atoms with Crippen molar-refractivity contribution in [2.75, 3.05) is 0 Å². The summed E-state index contributed by atoms with van der Waals surface area (Å²) in [6.07, 6.45) is 12.2. The minimum Gasteiger partial charge on any atom is -0.507 e. The molecule has 5 aliphatic rings. The van der Waals surface area contributed by atoms with E-state index in [0.717, 1.165) is 56.9 Å². The number of aromatic hydroxyl groups is 2. The van der Waals surface area contributed by atoms with Gasteiger partial charge in [0, 0.05) is 23.6 Å². The molecule has 4 fully saturated rings. The SMILES string of the molecule is CC(C)=CCc1c(O)cc2oc(C)cc(=O)c2c1O.CC1(C(=O)O)CCC2(C)CCC3(C)C(=CC(=O)C4C5(C)CCC(O)C(C)(C)C5CCC43C)C2C1. The van der Waals surface area contributed by atoms with Gasteiger partial charge in [0.15, 0.2) is 11.2 Å². The molecule has 7 rings (SSSR count). The highest BCUT2D eigenvalue weighted by Crippen LogP contribution is 2.75. The lowest BCUT2D eigenvalue weighted by atomic mass is 9.33. The first-order chi connectivity index (χ1) is 24.4. The van der Waals surface area contributed by atoms with Gasteiger partial charge in [-0.1, -0.05) is 58.8 Å². The Balaban J connectivity index is 0.000000214. The number of hydrogen-bond donors (Lipinski definition) is 4. The van der Waals surface area contributed by atoms with Gasteiger partial charge >= 0.3 is 5.97 Å². The number of fused-ring (bicyclic) bond motifs is 8. The number of allylic oxidation sites excluding steroid dienone is 4. The monoisotopic (exact) mass is 730 g/mol. The minimum atomic E-state index is -0.711. The molecule has 1 aromatic heterocycles. The van der Waals surface area contributed by atoms with Crippen LogP contribution in [0.25, 0.3) is 11.0 Å². The maximum Gasteiger partial charge on any atom is 0.309 e. The van der Waals surface area contributed by atoms with E-state index in [1.54, 1.807) is 6.92 Å². The van der Waals surface area contributed by atoms with E-state index in [2.05, 4.69) is 41.5 Å². The van der Waals surface area contributed by atoms with Gasteiger partial charge in [0.1, 0.15) is 28.2 Å². The van der Waals surface area contributed by atoms with Crippen LogP contribution in [0.1, 0.15) is 131 Å². The number of phenols is 2. The molecule has 0 saturated heterocycles. The van der Waals surface area contributed by atoms with Gasteiger partial charge in [0.05, 0.1) is 11.5 Å². The molecular formula is C45H62O8. The van der Waals surface area contributed by atoms with E-state index in [1.165, 1.54) is 17.7 Å². The summed E-state index contributed by atoms with van der Waals surface area (Å²) in [5.41, 5.74) is 1.43. The van der Waals surface area contributed by atoms with E-state index < -0.39 is 11.4 Å². The zero-order valence-corrected chi connectivity index (χ0v) is 33.6. The van der Waals surface area contributed by atoms with E-state index in [1.807, 2.05) is 32.9 Å². The molecule has 1 aromatic carbocycles. The van der Waals surface area contributed by atoms with Crippen LogP contribution >= 0.6 is 0 Å². The first-order valence-electron chi connectivity index (χ1n) is 19.7. The Kier molecular flexibility index (Phi) is 9.53. The highest BCUT2D eigenvalue weighted by atomic mass is 16.4.